The van der Waals surface area contributed by atoms with Crippen molar-refractivity contribution < 1.29 is 9.53 Å². The topological polar surface area (TPSA) is 64.1 Å². The van der Waals surface area contributed by atoms with Gasteiger partial charge in [0.25, 0.3) is 0 Å². The quantitative estimate of drug-likeness (QED) is 0.638. The minimum Gasteiger partial charge on any atom is -0.462 e. The van der Waals surface area contributed by atoms with E-state index in [1.807, 2.05) is 0 Å². The molecule has 0 bridgehead atoms. The summed E-state index contributed by atoms with van der Waals surface area (Å²) in [6.45, 7) is 2.31. The molecule has 0 spiro atoms. The third-order valence-electron chi connectivity index (χ3n) is 2.72. The molecular weight excluding hydrogens is 349 g/mol. The highest BCUT2D eigenvalue weighted by Gasteiger charge is 2.15. The standard InChI is InChI=1S/C14H12Cl3N3O2/c1-2-22-13(21)10-7-19-14(17)20-12(10)18-6-8-3-4-9(15)5-11(8)16/h3-5,7H,2,6H2,1H3,(H,18,19,20). The van der Waals surface area contributed by atoms with Crippen molar-refractivity contribution in [2.75, 3.05) is 11.9 Å². The summed E-state index contributed by atoms with van der Waals surface area (Å²) in [4.78, 5) is 19.7. The zero-order valence-corrected chi connectivity index (χ0v) is 13.8. The number of halogens is 3. The Morgan fingerprint density at radius 2 is 2.09 bits per heavy atom. The lowest BCUT2D eigenvalue weighted by molar-refractivity contribution is 0.0526. The molecule has 5 nitrogen and oxygen atoms in total. The van der Waals surface area contributed by atoms with E-state index in [0.29, 0.717) is 16.6 Å². The van der Waals surface area contributed by atoms with Gasteiger partial charge in [0, 0.05) is 22.8 Å². The molecule has 0 aliphatic heterocycles. The second kappa shape index (κ2) is 7.63. The molecule has 1 aromatic heterocycles. The number of carbonyl (C=O) groups excluding carboxylic acids is 1. The van der Waals surface area contributed by atoms with Crippen LogP contribution in [-0.2, 0) is 11.3 Å². The van der Waals surface area contributed by atoms with Crippen molar-refractivity contribution in [3.63, 3.8) is 0 Å². The van der Waals surface area contributed by atoms with Gasteiger partial charge in [-0.05, 0) is 36.2 Å². The van der Waals surface area contributed by atoms with Gasteiger partial charge in [0.15, 0.2) is 0 Å². The molecule has 0 atom stereocenters. The Morgan fingerprint density at radius 3 is 2.77 bits per heavy atom. The number of hydrogen-bond donors (Lipinski definition) is 1. The Hall–Kier alpha value is -1.56. The SMILES string of the molecule is CCOC(=O)c1cnc(Cl)nc1NCc1ccc(Cl)cc1Cl. The van der Waals surface area contributed by atoms with Gasteiger partial charge < -0.3 is 10.1 Å². The molecule has 0 aliphatic carbocycles. The zero-order chi connectivity index (χ0) is 16.1. The second-order valence-corrected chi connectivity index (χ2v) is 5.39. The summed E-state index contributed by atoms with van der Waals surface area (Å²) in [5.41, 5.74) is 1.01. The smallest absolute Gasteiger partial charge is 0.343 e. The van der Waals surface area contributed by atoms with Crippen molar-refractivity contribution in [1.29, 1.82) is 0 Å². The Bertz CT molecular complexity index is 695. The van der Waals surface area contributed by atoms with E-state index >= 15 is 0 Å². The number of hydrogen-bond acceptors (Lipinski definition) is 5. The summed E-state index contributed by atoms with van der Waals surface area (Å²) in [7, 11) is 0. The molecule has 0 fully saturated rings. The lowest BCUT2D eigenvalue weighted by Crippen LogP contribution is -2.12. The van der Waals surface area contributed by atoms with Crippen molar-refractivity contribution >= 4 is 46.6 Å². The molecule has 2 aromatic rings. The normalized spacial score (nSPS) is 10.4. The highest BCUT2D eigenvalue weighted by atomic mass is 35.5. The van der Waals surface area contributed by atoms with Crippen LogP contribution < -0.4 is 5.32 Å². The summed E-state index contributed by atoms with van der Waals surface area (Å²) < 4.78 is 4.95. The highest BCUT2D eigenvalue weighted by molar-refractivity contribution is 6.35. The first kappa shape index (κ1) is 16.8. The molecular formula is C14H12Cl3N3O2. The summed E-state index contributed by atoms with van der Waals surface area (Å²) in [5, 5.41) is 4.09. The van der Waals surface area contributed by atoms with Crippen LogP contribution >= 0.6 is 34.8 Å². The fourth-order valence-corrected chi connectivity index (χ4v) is 2.31. The minimum absolute atomic E-state index is 0.0257. The molecule has 0 saturated carbocycles. The molecule has 1 heterocycles. The first-order valence-corrected chi connectivity index (χ1v) is 7.52. The number of ether oxygens (including phenoxy) is 1. The fraction of sp³-hybridized carbons (Fsp3) is 0.214. The van der Waals surface area contributed by atoms with Crippen molar-refractivity contribution in [2.24, 2.45) is 0 Å². The molecule has 1 N–H and O–H groups in total. The summed E-state index contributed by atoms with van der Waals surface area (Å²) in [5.74, 6) is -0.242. The van der Waals surface area contributed by atoms with Gasteiger partial charge in [0.2, 0.25) is 5.28 Å². The van der Waals surface area contributed by atoms with Gasteiger partial charge in [-0.1, -0.05) is 29.3 Å². The van der Waals surface area contributed by atoms with Crippen LogP contribution in [0, 0.1) is 0 Å². The van der Waals surface area contributed by atoms with Gasteiger partial charge in [0.1, 0.15) is 11.4 Å². The number of esters is 1. The highest BCUT2D eigenvalue weighted by Crippen LogP contribution is 2.23. The van der Waals surface area contributed by atoms with E-state index in [1.165, 1.54) is 6.20 Å². The third-order valence-corrected chi connectivity index (χ3v) is 3.49. The van der Waals surface area contributed by atoms with Crippen LogP contribution in [0.15, 0.2) is 24.4 Å². The maximum atomic E-state index is 11.9. The molecule has 1 aromatic carbocycles. The van der Waals surface area contributed by atoms with Crippen LogP contribution in [-0.4, -0.2) is 22.5 Å². The van der Waals surface area contributed by atoms with E-state index in [-0.39, 0.29) is 23.3 Å². The fourth-order valence-electron chi connectivity index (χ4n) is 1.70. The molecule has 116 valence electrons. The summed E-state index contributed by atoms with van der Waals surface area (Å²) >= 11 is 17.7. The Morgan fingerprint density at radius 1 is 1.32 bits per heavy atom. The van der Waals surface area contributed by atoms with Crippen molar-refractivity contribution in [2.45, 2.75) is 13.5 Å². The molecule has 8 heteroatoms. The number of aromatic nitrogens is 2. The van der Waals surface area contributed by atoms with Gasteiger partial charge in [-0.15, -0.1) is 0 Å². The van der Waals surface area contributed by atoms with Gasteiger partial charge >= 0.3 is 5.97 Å². The monoisotopic (exact) mass is 359 g/mol. The van der Waals surface area contributed by atoms with Crippen LogP contribution in [0.4, 0.5) is 5.82 Å². The van der Waals surface area contributed by atoms with Gasteiger partial charge in [0.05, 0.1) is 6.61 Å². The molecule has 2 rings (SSSR count). The molecule has 0 saturated heterocycles. The molecule has 0 radical (unpaired) electrons. The number of rotatable bonds is 5. The van der Waals surface area contributed by atoms with Crippen molar-refractivity contribution in [3.05, 3.63) is 50.9 Å². The first-order valence-electron chi connectivity index (χ1n) is 6.38. The van der Waals surface area contributed by atoms with E-state index < -0.39 is 5.97 Å². The number of nitrogens with one attached hydrogen (secondary N) is 1. The van der Waals surface area contributed by atoms with E-state index in [4.69, 9.17) is 39.5 Å². The summed E-state index contributed by atoms with van der Waals surface area (Å²) in [6, 6.07) is 5.15. The van der Waals surface area contributed by atoms with Gasteiger partial charge in [-0.3, -0.25) is 0 Å². The van der Waals surface area contributed by atoms with Crippen molar-refractivity contribution in [1.82, 2.24) is 9.97 Å². The van der Waals surface area contributed by atoms with Crippen LogP contribution in [0.5, 0.6) is 0 Å². The number of benzene rings is 1. The Labute approximate surface area is 142 Å². The molecule has 0 amide bonds. The maximum Gasteiger partial charge on any atom is 0.343 e. The third kappa shape index (κ3) is 4.22. The molecule has 22 heavy (non-hydrogen) atoms. The first-order chi connectivity index (χ1) is 10.5. The van der Waals surface area contributed by atoms with Crippen LogP contribution in [0.3, 0.4) is 0 Å². The number of carbonyl (C=O) groups is 1. The Balaban J connectivity index is 2.21. The van der Waals surface area contributed by atoms with E-state index in [0.717, 1.165) is 5.56 Å². The Kier molecular flexibility index (Phi) is 5.83. The predicted molar refractivity (Wildman–Crippen MR) is 86.8 cm³/mol. The van der Waals surface area contributed by atoms with E-state index in [2.05, 4.69) is 15.3 Å². The average Bonchev–Trinajstić information content (AvgIpc) is 2.46. The van der Waals surface area contributed by atoms with Crippen LogP contribution in [0.25, 0.3) is 0 Å². The number of nitrogens with zero attached hydrogens (tertiary/aromatic N) is 2. The number of anilines is 1. The van der Waals surface area contributed by atoms with Crippen LogP contribution in [0.1, 0.15) is 22.8 Å². The molecule has 0 aliphatic rings. The minimum atomic E-state index is -0.524. The predicted octanol–water partition coefficient (Wildman–Crippen LogP) is 4.23. The van der Waals surface area contributed by atoms with Crippen LogP contribution in [0.2, 0.25) is 15.3 Å². The lowest BCUT2D eigenvalue weighted by atomic mass is 10.2. The van der Waals surface area contributed by atoms with E-state index in [1.54, 1.807) is 25.1 Å². The second-order valence-electron chi connectivity index (χ2n) is 4.21. The van der Waals surface area contributed by atoms with E-state index in [9.17, 15) is 4.79 Å². The van der Waals surface area contributed by atoms with Gasteiger partial charge in [-0.2, -0.15) is 4.98 Å². The van der Waals surface area contributed by atoms with Gasteiger partial charge in [-0.25, -0.2) is 9.78 Å². The maximum absolute atomic E-state index is 11.9. The summed E-state index contributed by atoms with van der Waals surface area (Å²) in [6.07, 6.45) is 1.32. The molecule has 0 unspecified atom stereocenters. The average molecular weight is 361 g/mol. The van der Waals surface area contributed by atoms with Crippen molar-refractivity contribution in [3.8, 4) is 0 Å². The lowest BCUT2D eigenvalue weighted by Gasteiger charge is -2.11. The zero-order valence-electron chi connectivity index (χ0n) is 11.6. The largest absolute Gasteiger partial charge is 0.462 e.